The third kappa shape index (κ3) is 3.51. The van der Waals surface area contributed by atoms with E-state index in [0.29, 0.717) is 5.92 Å². The standard InChI is InChI=1S/C23H28N6O/c1-15-2-11-21(30-15)16-3-9-19(10-4-16)27-20-14-23(25,17-5-7-18(24)8-6-17)28-29-13-12-26-22(20)29/h2-4,9-14,17-18,27-28H,5-8,24-25H2,1H3. The lowest BCUT2D eigenvalue weighted by Gasteiger charge is -2.42. The van der Waals surface area contributed by atoms with Crippen molar-refractivity contribution < 1.29 is 4.42 Å². The summed E-state index contributed by atoms with van der Waals surface area (Å²) in [5.74, 6) is 2.90. The van der Waals surface area contributed by atoms with Gasteiger partial charge in [-0.15, -0.1) is 0 Å². The van der Waals surface area contributed by atoms with Crippen molar-refractivity contribution in [3.05, 3.63) is 66.5 Å². The smallest absolute Gasteiger partial charge is 0.174 e. The maximum Gasteiger partial charge on any atom is 0.174 e. The molecule has 5 rings (SSSR count). The van der Waals surface area contributed by atoms with Crippen molar-refractivity contribution in [1.29, 1.82) is 0 Å². The molecule has 7 nitrogen and oxygen atoms in total. The Morgan fingerprint density at radius 1 is 1.13 bits per heavy atom. The predicted molar refractivity (Wildman–Crippen MR) is 119 cm³/mol. The Morgan fingerprint density at radius 3 is 2.60 bits per heavy atom. The third-order valence-corrected chi connectivity index (χ3v) is 6.22. The van der Waals surface area contributed by atoms with Gasteiger partial charge in [-0.3, -0.25) is 0 Å². The van der Waals surface area contributed by atoms with Gasteiger partial charge in [-0.25, -0.2) is 9.66 Å². The SMILES string of the molecule is Cc1ccc(-c2ccc(NC3=CC(N)(C4CCC(N)CC4)Nn4ccnc43)cc2)o1. The van der Waals surface area contributed by atoms with Gasteiger partial charge in [0.25, 0.3) is 0 Å². The van der Waals surface area contributed by atoms with Crippen molar-refractivity contribution >= 4 is 11.4 Å². The Kier molecular flexibility index (Phi) is 4.64. The number of nitrogens with one attached hydrogen (secondary N) is 2. The lowest BCUT2D eigenvalue weighted by molar-refractivity contribution is 0.239. The van der Waals surface area contributed by atoms with E-state index in [0.717, 1.165) is 60.0 Å². The fourth-order valence-corrected chi connectivity index (χ4v) is 4.50. The predicted octanol–water partition coefficient (Wildman–Crippen LogP) is 3.63. The maximum absolute atomic E-state index is 6.87. The highest BCUT2D eigenvalue weighted by atomic mass is 16.3. The van der Waals surface area contributed by atoms with E-state index in [1.807, 2.05) is 54.2 Å². The largest absolute Gasteiger partial charge is 0.461 e. The first-order valence-corrected chi connectivity index (χ1v) is 10.5. The fourth-order valence-electron chi connectivity index (χ4n) is 4.50. The molecule has 1 unspecified atom stereocenters. The minimum absolute atomic E-state index is 0.287. The van der Waals surface area contributed by atoms with Crippen molar-refractivity contribution in [2.45, 2.75) is 44.3 Å². The van der Waals surface area contributed by atoms with Gasteiger partial charge in [0.2, 0.25) is 0 Å². The number of nitrogens with two attached hydrogens (primary N) is 2. The van der Waals surface area contributed by atoms with Crippen LogP contribution in [-0.4, -0.2) is 21.4 Å². The molecule has 0 radical (unpaired) electrons. The van der Waals surface area contributed by atoms with Crippen molar-refractivity contribution in [2.24, 2.45) is 17.4 Å². The highest BCUT2D eigenvalue weighted by molar-refractivity contribution is 5.77. The number of fused-ring (bicyclic) bond motifs is 1. The summed E-state index contributed by atoms with van der Waals surface area (Å²) < 4.78 is 7.63. The van der Waals surface area contributed by atoms with E-state index in [1.165, 1.54) is 0 Å². The molecule has 2 aromatic heterocycles. The average Bonchev–Trinajstić information content (AvgIpc) is 3.38. The molecular formula is C23H28N6O. The molecule has 1 aliphatic heterocycles. The van der Waals surface area contributed by atoms with Crippen LogP contribution in [0.4, 0.5) is 5.69 Å². The van der Waals surface area contributed by atoms with E-state index < -0.39 is 5.66 Å². The van der Waals surface area contributed by atoms with Crippen LogP contribution in [-0.2, 0) is 0 Å². The lowest BCUT2D eigenvalue weighted by atomic mass is 9.78. The van der Waals surface area contributed by atoms with E-state index in [9.17, 15) is 0 Å². The second-order valence-electron chi connectivity index (χ2n) is 8.45. The van der Waals surface area contributed by atoms with Gasteiger partial charge >= 0.3 is 0 Å². The summed E-state index contributed by atoms with van der Waals surface area (Å²) in [6, 6.07) is 12.4. The first kappa shape index (κ1) is 19.0. The molecule has 0 saturated heterocycles. The van der Waals surface area contributed by atoms with Gasteiger partial charge in [0.1, 0.15) is 17.2 Å². The van der Waals surface area contributed by atoms with Crippen LogP contribution in [0.25, 0.3) is 17.0 Å². The van der Waals surface area contributed by atoms with Crippen molar-refractivity contribution in [2.75, 3.05) is 10.7 Å². The highest BCUT2D eigenvalue weighted by Crippen LogP contribution is 2.35. The van der Waals surface area contributed by atoms with Gasteiger partial charge in [-0.1, -0.05) is 0 Å². The molecule has 2 aliphatic rings. The number of benzene rings is 1. The summed E-state index contributed by atoms with van der Waals surface area (Å²) in [4.78, 5) is 4.50. The zero-order valence-electron chi connectivity index (χ0n) is 17.1. The summed E-state index contributed by atoms with van der Waals surface area (Å²) >= 11 is 0. The zero-order valence-corrected chi connectivity index (χ0v) is 17.1. The number of rotatable bonds is 4. The van der Waals surface area contributed by atoms with E-state index in [-0.39, 0.29) is 6.04 Å². The van der Waals surface area contributed by atoms with Crippen LogP contribution in [0.5, 0.6) is 0 Å². The number of hydrogen-bond donors (Lipinski definition) is 4. The summed E-state index contributed by atoms with van der Waals surface area (Å²) in [6.07, 6.45) is 9.80. The van der Waals surface area contributed by atoms with Gasteiger partial charge in [0.05, 0.1) is 5.70 Å². The van der Waals surface area contributed by atoms with Crippen molar-refractivity contribution in [1.82, 2.24) is 9.66 Å². The first-order valence-electron chi connectivity index (χ1n) is 10.5. The molecule has 30 heavy (non-hydrogen) atoms. The van der Waals surface area contributed by atoms with Crippen LogP contribution in [0.15, 0.2) is 59.3 Å². The van der Waals surface area contributed by atoms with E-state index >= 15 is 0 Å². The number of imidazole rings is 1. The van der Waals surface area contributed by atoms with Crippen molar-refractivity contribution in [3.63, 3.8) is 0 Å². The zero-order chi connectivity index (χ0) is 20.7. The van der Waals surface area contributed by atoms with Crippen LogP contribution in [0.2, 0.25) is 0 Å². The molecule has 1 aromatic carbocycles. The van der Waals surface area contributed by atoms with Gasteiger partial charge in [0, 0.05) is 35.6 Å². The number of hydrogen-bond acceptors (Lipinski definition) is 6. The molecule has 1 fully saturated rings. The topological polar surface area (TPSA) is 107 Å². The molecule has 3 aromatic rings. The first-order chi connectivity index (χ1) is 14.5. The Labute approximate surface area is 176 Å². The Balaban J connectivity index is 1.41. The minimum Gasteiger partial charge on any atom is -0.461 e. The van der Waals surface area contributed by atoms with E-state index in [1.54, 1.807) is 6.20 Å². The average molecular weight is 405 g/mol. The van der Waals surface area contributed by atoms with Crippen LogP contribution in [0, 0.1) is 12.8 Å². The number of nitrogens with zero attached hydrogens (tertiary/aromatic N) is 2. The van der Waals surface area contributed by atoms with Crippen LogP contribution >= 0.6 is 0 Å². The summed E-state index contributed by atoms with van der Waals surface area (Å²) in [7, 11) is 0. The molecule has 6 N–H and O–H groups in total. The van der Waals surface area contributed by atoms with E-state index in [2.05, 4.69) is 21.8 Å². The van der Waals surface area contributed by atoms with Gasteiger partial charge in [-0.2, -0.15) is 0 Å². The number of aromatic nitrogens is 2. The Hall–Kier alpha value is -3.03. The molecule has 0 bridgehead atoms. The number of aryl methyl sites for hydroxylation is 1. The summed E-state index contributed by atoms with van der Waals surface area (Å²) in [5.41, 5.74) is 18.7. The monoisotopic (exact) mass is 404 g/mol. The van der Waals surface area contributed by atoms with Crippen LogP contribution in [0.1, 0.15) is 37.3 Å². The van der Waals surface area contributed by atoms with Gasteiger partial charge in [0.15, 0.2) is 5.82 Å². The molecule has 0 spiro atoms. The second kappa shape index (κ2) is 7.34. The van der Waals surface area contributed by atoms with Gasteiger partial charge in [-0.05, 0) is 75.1 Å². The van der Waals surface area contributed by atoms with Crippen LogP contribution in [0.3, 0.4) is 0 Å². The number of furan rings is 1. The second-order valence-corrected chi connectivity index (χ2v) is 8.45. The quantitative estimate of drug-likeness (QED) is 0.529. The van der Waals surface area contributed by atoms with Gasteiger partial charge < -0.3 is 26.6 Å². The molecule has 1 saturated carbocycles. The van der Waals surface area contributed by atoms with Crippen molar-refractivity contribution in [3.8, 4) is 11.3 Å². The molecule has 1 atom stereocenters. The third-order valence-electron chi connectivity index (χ3n) is 6.22. The van der Waals surface area contributed by atoms with E-state index in [4.69, 9.17) is 15.9 Å². The summed E-state index contributed by atoms with van der Waals surface area (Å²) in [6.45, 7) is 1.95. The maximum atomic E-state index is 6.87. The normalized spacial score (nSPS) is 25.9. The lowest BCUT2D eigenvalue weighted by Crippen LogP contribution is -2.58. The Morgan fingerprint density at radius 2 is 1.90 bits per heavy atom. The molecular weight excluding hydrogens is 376 g/mol. The Bertz CT molecular complexity index is 1060. The minimum atomic E-state index is -0.651. The van der Waals surface area contributed by atoms with Crippen LogP contribution < -0.4 is 22.2 Å². The molecule has 1 aliphatic carbocycles. The number of anilines is 1. The molecule has 0 amide bonds. The summed E-state index contributed by atoms with van der Waals surface area (Å²) in [5, 5.41) is 3.51. The molecule has 156 valence electrons. The molecule has 7 heteroatoms. The molecule has 3 heterocycles. The highest BCUT2D eigenvalue weighted by Gasteiger charge is 2.39. The fraction of sp³-hybridized carbons (Fsp3) is 0.348.